The zero-order chi connectivity index (χ0) is 10.6. The van der Waals surface area contributed by atoms with Crippen LogP contribution >= 0.6 is 0 Å². The molecule has 0 aliphatic rings. The molecule has 0 bridgehead atoms. The highest BCUT2D eigenvalue weighted by Crippen LogP contribution is 2.25. The summed E-state index contributed by atoms with van der Waals surface area (Å²) in [5.41, 5.74) is 5.98. The summed E-state index contributed by atoms with van der Waals surface area (Å²) in [4.78, 5) is 9.99. The van der Waals surface area contributed by atoms with Gasteiger partial charge in [0.25, 0.3) is 5.69 Å². The van der Waals surface area contributed by atoms with Crippen LogP contribution in [0.1, 0.15) is 0 Å². The van der Waals surface area contributed by atoms with Crippen LogP contribution in [0.4, 0.5) is 21.5 Å². The molecule has 0 fully saturated rings. The summed E-state index contributed by atoms with van der Waals surface area (Å²) in [7, 11) is 0. The van der Waals surface area contributed by atoms with Gasteiger partial charge in [0.2, 0.25) is 0 Å². The number of nitrogens with zero attached hydrogens (tertiary/aromatic N) is 1. The highest BCUT2D eigenvalue weighted by molar-refractivity contribution is 5.67. The first kappa shape index (κ1) is 10.2. The molecule has 1 rings (SSSR count). The van der Waals surface area contributed by atoms with E-state index in [4.69, 9.17) is 5.73 Å². The molecule has 0 unspecified atom stereocenters. The summed E-state index contributed by atoms with van der Waals surface area (Å²) in [5, 5.41) is 13.1. The third-order valence-corrected chi connectivity index (χ3v) is 1.63. The van der Waals surface area contributed by atoms with E-state index in [1.807, 2.05) is 0 Å². The number of nitro groups is 1. The maximum Gasteiger partial charge on any atom is 0.292 e. The molecule has 5 nitrogen and oxygen atoms in total. The van der Waals surface area contributed by atoms with Crippen LogP contribution in [-0.2, 0) is 0 Å². The van der Waals surface area contributed by atoms with E-state index in [0.717, 1.165) is 0 Å². The van der Waals surface area contributed by atoms with Crippen molar-refractivity contribution in [2.24, 2.45) is 0 Å². The number of benzene rings is 1. The molecule has 1 aromatic rings. The number of hydrogen-bond acceptors (Lipinski definition) is 4. The molecule has 6 heteroatoms. The van der Waals surface area contributed by atoms with E-state index in [-0.39, 0.29) is 17.9 Å². The van der Waals surface area contributed by atoms with Crippen LogP contribution in [0.15, 0.2) is 18.2 Å². The van der Waals surface area contributed by atoms with Crippen LogP contribution in [0, 0.1) is 10.1 Å². The first-order valence-electron chi connectivity index (χ1n) is 3.99. The summed E-state index contributed by atoms with van der Waals surface area (Å²) in [6.07, 6.45) is 0. The van der Waals surface area contributed by atoms with Crippen LogP contribution < -0.4 is 11.1 Å². The quantitative estimate of drug-likeness (QED) is 0.438. The zero-order valence-corrected chi connectivity index (χ0v) is 7.37. The van der Waals surface area contributed by atoms with E-state index in [1.165, 1.54) is 18.2 Å². The Labute approximate surface area is 79.9 Å². The summed E-state index contributed by atoms with van der Waals surface area (Å²) < 4.78 is 11.8. The first-order valence-corrected chi connectivity index (χ1v) is 3.99. The Bertz CT molecular complexity index is 343. The number of nitrogen functional groups attached to an aromatic ring is 1. The Kier molecular flexibility index (Phi) is 3.22. The van der Waals surface area contributed by atoms with Crippen LogP contribution in [-0.4, -0.2) is 18.1 Å². The molecular weight excluding hydrogens is 189 g/mol. The van der Waals surface area contributed by atoms with Gasteiger partial charge >= 0.3 is 0 Å². The fourth-order valence-corrected chi connectivity index (χ4v) is 1.04. The van der Waals surface area contributed by atoms with Gasteiger partial charge in [0.05, 0.1) is 4.92 Å². The highest BCUT2D eigenvalue weighted by Gasteiger charge is 2.12. The lowest BCUT2D eigenvalue weighted by molar-refractivity contribution is -0.383. The Hall–Kier alpha value is -1.85. The number of alkyl halides is 1. The van der Waals surface area contributed by atoms with E-state index in [9.17, 15) is 14.5 Å². The van der Waals surface area contributed by atoms with Crippen molar-refractivity contribution in [3.05, 3.63) is 28.3 Å². The third-order valence-electron chi connectivity index (χ3n) is 1.63. The molecule has 0 spiro atoms. The van der Waals surface area contributed by atoms with Crippen LogP contribution in [0.3, 0.4) is 0 Å². The second-order valence-corrected chi connectivity index (χ2v) is 2.65. The molecule has 0 radical (unpaired) electrons. The predicted molar refractivity (Wildman–Crippen MR) is 52.0 cm³/mol. The van der Waals surface area contributed by atoms with Crippen molar-refractivity contribution in [3.8, 4) is 0 Å². The van der Waals surface area contributed by atoms with Crippen molar-refractivity contribution in [2.45, 2.75) is 0 Å². The fourth-order valence-electron chi connectivity index (χ4n) is 1.04. The van der Waals surface area contributed by atoms with Crippen molar-refractivity contribution in [2.75, 3.05) is 24.3 Å². The van der Waals surface area contributed by atoms with Crippen molar-refractivity contribution in [1.29, 1.82) is 0 Å². The highest BCUT2D eigenvalue weighted by atomic mass is 19.1. The molecule has 0 aromatic heterocycles. The van der Waals surface area contributed by atoms with E-state index in [0.29, 0.717) is 5.69 Å². The van der Waals surface area contributed by atoms with Gasteiger partial charge in [0.1, 0.15) is 12.4 Å². The Balaban J connectivity index is 2.97. The van der Waals surface area contributed by atoms with Gasteiger partial charge in [-0.25, -0.2) is 4.39 Å². The topological polar surface area (TPSA) is 81.2 Å². The van der Waals surface area contributed by atoms with Gasteiger partial charge in [-0.3, -0.25) is 10.1 Å². The summed E-state index contributed by atoms with van der Waals surface area (Å²) in [6.45, 7) is -0.559. The number of nitrogens with two attached hydrogens (primary N) is 1. The minimum atomic E-state index is -0.591. The minimum absolute atomic E-state index is 0.0320. The predicted octanol–water partition coefficient (Wildman–Crippen LogP) is 1.56. The molecule has 0 saturated heterocycles. The smallest absolute Gasteiger partial charge is 0.292 e. The summed E-state index contributed by atoms with van der Waals surface area (Å²) >= 11 is 0. The number of rotatable bonds is 4. The molecule has 0 heterocycles. The van der Waals surface area contributed by atoms with E-state index >= 15 is 0 Å². The fraction of sp³-hybridized carbons (Fsp3) is 0.250. The normalized spacial score (nSPS) is 9.79. The second-order valence-electron chi connectivity index (χ2n) is 2.65. The molecule has 0 atom stereocenters. The number of nitro benzene ring substituents is 1. The maximum absolute atomic E-state index is 11.8. The molecule has 76 valence electrons. The molecule has 0 saturated carbocycles. The summed E-state index contributed by atoms with van der Waals surface area (Å²) in [5.74, 6) is 0. The largest absolute Gasteiger partial charge is 0.399 e. The molecule has 0 aliphatic heterocycles. The Morgan fingerprint density at radius 1 is 1.57 bits per heavy atom. The van der Waals surface area contributed by atoms with E-state index < -0.39 is 11.6 Å². The number of anilines is 2. The monoisotopic (exact) mass is 199 g/mol. The minimum Gasteiger partial charge on any atom is -0.399 e. The molecular formula is C8H10FN3O2. The average molecular weight is 199 g/mol. The van der Waals surface area contributed by atoms with E-state index in [2.05, 4.69) is 5.32 Å². The van der Waals surface area contributed by atoms with Gasteiger partial charge in [-0.2, -0.15) is 0 Å². The van der Waals surface area contributed by atoms with Gasteiger partial charge < -0.3 is 11.1 Å². The van der Waals surface area contributed by atoms with Gasteiger partial charge in [0.15, 0.2) is 0 Å². The number of nitrogens with one attached hydrogen (secondary N) is 1. The van der Waals surface area contributed by atoms with E-state index in [1.54, 1.807) is 0 Å². The average Bonchev–Trinajstić information content (AvgIpc) is 2.14. The van der Waals surface area contributed by atoms with Crippen LogP contribution in [0.5, 0.6) is 0 Å². The van der Waals surface area contributed by atoms with Crippen molar-refractivity contribution < 1.29 is 9.31 Å². The Morgan fingerprint density at radius 3 is 2.86 bits per heavy atom. The van der Waals surface area contributed by atoms with Gasteiger partial charge in [-0.1, -0.05) is 0 Å². The standard InChI is InChI=1S/C8H10FN3O2/c9-3-4-11-7-5-6(10)1-2-8(7)12(13)14/h1-2,5,11H,3-4,10H2. The molecule has 1 aromatic carbocycles. The Morgan fingerprint density at radius 2 is 2.29 bits per heavy atom. The lowest BCUT2D eigenvalue weighted by atomic mass is 10.2. The first-order chi connectivity index (χ1) is 6.65. The number of halogens is 1. The number of hydrogen-bond donors (Lipinski definition) is 2. The van der Waals surface area contributed by atoms with Crippen molar-refractivity contribution >= 4 is 17.1 Å². The molecule has 14 heavy (non-hydrogen) atoms. The van der Waals surface area contributed by atoms with Crippen molar-refractivity contribution in [1.82, 2.24) is 0 Å². The van der Waals surface area contributed by atoms with Crippen LogP contribution in [0.25, 0.3) is 0 Å². The third kappa shape index (κ3) is 2.32. The molecule has 3 N–H and O–H groups in total. The van der Waals surface area contributed by atoms with Crippen LogP contribution in [0.2, 0.25) is 0 Å². The lowest BCUT2D eigenvalue weighted by Crippen LogP contribution is -2.06. The summed E-state index contributed by atoms with van der Waals surface area (Å²) in [6, 6.07) is 4.13. The molecule has 0 amide bonds. The molecule has 0 aliphatic carbocycles. The SMILES string of the molecule is Nc1ccc([N+](=O)[O-])c(NCCF)c1. The lowest BCUT2D eigenvalue weighted by Gasteiger charge is -2.05. The van der Waals surface area contributed by atoms with Gasteiger partial charge in [0, 0.05) is 18.3 Å². The zero-order valence-electron chi connectivity index (χ0n) is 7.37. The van der Waals surface area contributed by atoms with Gasteiger partial charge in [-0.15, -0.1) is 0 Å². The second kappa shape index (κ2) is 4.40. The van der Waals surface area contributed by atoms with Gasteiger partial charge in [-0.05, 0) is 12.1 Å². The van der Waals surface area contributed by atoms with Crippen molar-refractivity contribution in [3.63, 3.8) is 0 Å². The maximum atomic E-state index is 11.8.